The van der Waals surface area contributed by atoms with E-state index in [4.69, 9.17) is 10.2 Å². The Balaban J connectivity index is 2.48. The van der Waals surface area contributed by atoms with Crippen LogP contribution in [-0.4, -0.2) is 22.2 Å². The second kappa shape index (κ2) is 6.12. The second-order valence-corrected chi connectivity index (χ2v) is 3.73. The lowest BCUT2D eigenvalue weighted by molar-refractivity contribution is -0.139. The molecule has 0 bridgehead atoms. The summed E-state index contributed by atoms with van der Waals surface area (Å²) in [6.07, 6.45) is 1.45. The highest BCUT2D eigenvalue weighted by Crippen LogP contribution is 2.09. The van der Waals surface area contributed by atoms with Crippen molar-refractivity contribution in [1.29, 1.82) is 0 Å². The Bertz CT molecular complexity index is 335. The molecule has 0 aliphatic rings. The van der Waals surface area contributed by atoms with E-state index in [0.29, 0.717) is 13.0 Å². The third-order valence-corrected chi connectivity index (χ3v) is 2.36. The van der Waals surface area contributed by atoms with Gasteiger partial charge in [0.05, 0.1) is 0 Å². The molecule has 16 heavy (non-hydrogen) atoms. The summed E-state index contributed by atoms with van der Waals surface area (Å²) >= 11 is 0. The van der Waals surface area contributed by atoms with Gasteiger partial charge in [-0.25, -0.2) is 0 Å². The summed E-state index contributed by atoms with van der Waals surface area (Å²) in [5.74, 6) is -0.604. The SMILES string of the molecule is CCCC(NCc1ccc(O)cc1)C(=O)O. The molecule has 0 fully saturated rings. The Hall–Kier alpha value is -1.55. The first-order valence-corrected chi connectivity index (χ1v) is 5.37. The first-order valence-electron chi connectivity index (χ1n) is 5.37. The third kappa shape index (κ3) is 3.90. The van der Waals surface area contributed by atoms with Crippen molar-refractivity contribution in [2.45, 2.75) is 32.4 Å². The minimum atomic E-state index is -0.819. The predicted molar refractivity (Wildman–Crippen MR) is 61.3 cm³/mol. The van der Waals surface area contributed by atoms with Crippen LogP contribution in [0.3, 0.4) is 0 Å². The zero-order chi connectivity index (χ0) is 12.0. The molecule has 0 heterocycles. The molecule has 0 spiro atoms. The fourth-order valence-electron chi connectivity index (χ4n) is 1.46. The van der Waals surface area contributed by atoms with Crippen molar-refractivity contribution in [1.82, 2.24) is 5.32 Å². The smallest absolute Gasteiger partial charge is 0.320 e. The average Bonchev–Trinajstić information content (AvgIpc) is 2.26. The molecule has 4 heteroatoms. The average molecular weight is 223 g/mol. The Morgan fingerprint density at radius 3 is 2.50 bits per heavy atom. The number of carbonyl (C=O) groups is 1. The lowest BCUT2D eigenvalue weighted by Crippen LogP contribution is -2.35. The van der Waals surface area contributed by atoms with Gasteiger partial charge in [0.2, 0.25) is 0 Å². The number of carboxylic acids is 1. The van der Waals surface area contributed by atoms with Crippen LogP contribution >= 0.6 is 0 Å². The van der Waals surface area contributed by atoms with Crippen LogP contribution in [0.5, 0.6) is 5.75 Å². The summed E-state index contributed by atoms with van der Waals surface area (Å²) in [5.41, 5.74) is 0.958. The maximum Gasteiger partial charge on any atom is 0.320 e. The molecular formula is C12H17NO3. The number of phenols is 1. The van der Waals surface area contributed by atoms with Crippen molar-refractivity contribution in [2.75, 3.05) is 0 Å². The largest absolute Gasteiger partial charge is 0.508 e. The van der Waals surface area contributed by atoms with Gasteiger partial charge in [0.1, 0.15) is 11.8 Å². The number of hydrogen-bond acceptors (Lipinski definition) is 3. The Morgan fingerprint density at radius 2 is 2.00 bits per heavy atom. The van der Waals surface area contributed by atoms with Crippen molar-refractivity contribution >= 4 is 5.97 Å². The number of nitrogens with one attached hydrogen (secondary N) is 1. The normalized spacial score (nSPS) is 12.3. The Kier molecular flexibility index (Phi) is 4.79. The third-order valence-electron chi connectivity index (χ3n) is 2.36. The predicted octanol–water partition coefficient (Wildman–Crippen LogP) is 1.74. The van der Waals surface area contributed by atoms with Gasteiger partial charge in [-0.3, -0.25) is 4.79 Å². The molecule has 0 saturated heterocycles. The number of phenolic OH excluding ortho intramolecular Hbond substituents is 1. The van der Waals surface area contributed by atoms with Crippen molar-refractivity contribution in [2.24, 2.45) is 0 Å². The topological polar surface area (TPSA) is 69.6 Å². The van der Waals surface area contributed by atoms with E-state index in [2.05, 4.69) is 5.32 Å². The monoisotopic (exact) mass is 223 g/mol. The van der Waals surface area contributed by atoms with Gasteiger partial charge in [-0.2, -0.15) is 0 Å². The van der Waals surface area contributed by atoms with Gasteiger partial charge in [0.25, 0.3) is 0 Å². The van der Waals surface area contributed by atoms with Crippen LogP contribution in [0.15, 0.2) is 24.3 Å². The van der Waals surface area contributed by atoms with Crippen molar-refractivity contribution in [3.05, 3.63) is 29.8 Å². The summed E-state index contributed by atoms with van der Waals surface area (Å²) < 4.78 is 0. The molecule has 4 nitrogen and oxygen atoms in total. The van der Waals surface area contributed by atoms with Gasteiger partial charge in [0.15, 0.2) is 0 Å². The molecule has 0 amide bonds. The molecule has 0 aromatic heterocycles. The molecular weight excluding hydrogens is 206 g/mol. The number of hydrogen-bond donors (Lipinski definition) is 3. The molecule has 1 atom stereocenters. The van der Waals surface area contributed by atoms with Crippen LogP contribution in [0.2, 0.25) is 0 Å². The minimum absolute atomic E-state index is 0.215. The quantitative estimate of drug-likeness (QED) is 0.687. The number of carboxylic acid groups (broad SMARTS) is 1. The van der Waals surface area contributed by atoms with Gasteiger partial charge >= 0.3 is 5.97 Å². The molecule has 3 N–H and O–H groups in total. The summed E-state index contributed by atoms with van der Waals surface area (Å²) in [6.45, 7) is 2.45. The van der Waals surface area contributed by atoms with Crippen molar-refractivity contribution in [3.8, 4) is 5.75 Å². The van der Waals surface area contributed by atoms with Crippen LogP contribution in [0.4, 0.5) is 0 Å². The van der Waals surface area contributed by atoms with Crippen LogP contribution in [0.25, 0.3) is 0 Å². The highest BCUT2D eigenvalue weighted by molar-refractivity contribution is 5.73. The maximum absolute atomic E-state index is 10.9. The molecule has 1 rings (SSSR count). The van der Waals surface area contributed by atoms with E-state index in [1.54, 1.807) is 24.3 Å². The van der Waals surface area contributed by atoms with Crippen LogP contribution in [0.1, 0.15) is 25.3 Å². The number of aromatic hydroxyl groups is 1. The molecule has 0 radical (unpaired) electrons. The van der Waals surface area contributed by atoms with Crippen LogP contribution in [0, 0.1) is 0 Å². The fraction of sp³-hybridized carbons (Fsp3) is 0.417. The minimum Gasteiger partial charge on any atom is -0.508 e. The number of benzene rings is 1. The van der Waals surface area contributed by atoms with Crippen LogP contribution in [-0.2, 0) is 11.3 Å². The first-order chi connectivity index (χ1) is 7.63. The Morgan fingerprint density at radius 1 is 1.38 bits per heavy atom. The van der Waals surface area contributed by atoms with Crippen molar-refractivity contribution < 1.29 is 15.0 Å². The highest BCUT2D eigenvalue weighted by Gasteiger charge is 2.14. The summed E-state index contributed by atoms with van der Waals surface area (Å²) in [7, 11) is 0. The first kappa shape index (κ1) is 12.5. The van der Waals surface area contributed by atoms with E-state index < -0.39 is 12.0 Å². The molecule has 1 aromatic rings. The maximum atomic E-state index is 10.9. The zero-order valence-electron chi connectivity index (χ0n) is 9.31. The summed E-state index contributed by atoms with van der Waals surface area (Å²) in [4.78, 5) is 10.9. The lowest BCUT2D eigenvalue weighted by Gasteiger charge is -2.13. The van der Waals surface area contributed by atoms with Gasteiger partial charge < -0.3 is 15.5 Å². The molecule has 0 aliphatic carbocycles. The standard InChI is InChI=1S/C12H17NO3/c1-2-3-11(12(15)16)13-8-9-4-6-10(14)7-5-9/h4-7,11,13-14H,2-3,8H2,1H3,(H,15,16). The van der Waals surface area contributed by atoms with Gasteiger partial charge in [0, 0.05) is 6.54 Å². The summed E-state index contributed by atoms with van der Waals surface area (Å²) in [5, 5.41) is 21.0. The zero-order valence-corrected chi connectivity index (χ0v) is 9.31. The van der Waals surface area contributed by atoms with Gasteiger partial charge in [-0.05, 0) is 24.1 Å². The van der Waals surface area contributed by atoms with Crippen LogP contribution < -0.4 is 5.32 Å². The van der Waals surface area contributed by atoms with E-state index in [9.17, 15) is 4.79 Å². The van der Waals surface area contributed by atoms with E-state index in [0.717, 1.165) is 12.0 Å². The number of rotatable bonds is 6. The molecule has 1 unspecified atom stereocenters. The fourth-order valence-corrected chi connectivity index (χ4v) is 1.46. The molecule has 0 saturated carbocycles. The number of aliphatic carboxylic acids is 1. The van der Waals surface area contributed by atoms with E-state index in [1.807, 2.05) is 6.92 Å². The lowest BCUT2D eigenvalue weighted by atomic mass is 10.1. The van der Waals surface area contributed by atoms with Gasteiger partial charge in [-0.1, -0.05) is 25.5 Å². The molecule has 88 valence electrons. The van der Waals surface area contributed by atoms with E-state index in [-0.39, 0.29) is 5.75 Å². The molecule has 0 aliphatic heterocycles. The second-order valence-electron chi connectivity index (χ2n) is 3.73. The van der Waals surface area contributed by atoms with Crippen molar-refractivity contribution in [3.63, 3.8) is 0 Å². The van der Waals surface area contributed by atoms with E-state index >= 15 is 0 Å². The summed E-state index contributed by atoms with van der Waals surface area (Å²) in [6, 6.07) is 6.22. The van der Waals surface area contributed by atoms with E-state index in [1.165, 1.54) is 0 Å². The Labute approximate surface area is 94.9 Å². The molecule has 1 aromatic carbocycles. The van der Waals surface area contributed by atoms with Gasteiger partial charge in [-0.15, -0.1) is 0 Å². The highest BCUT2D eigenvalue weighted by atomic mass is 16.4.